The molecule has 9 nitrogen and oxygen atoms in total. The Morgan fingerprint density at radius 2 is 1.86 bits per heavy atom. The zero-order valence-electron chi connectivity index (χ0n) is 21.5. The number of methoxy groups -OCH3 is 1. The molecule has 0 spiro atoms. The zero-order chi connectivity index (χ0) is 26.1. The summed E-state index contributed by atoms with van der Waals surface area (Å²) in [7, 11) is 5.89. The highest BCUT2D eigenvalue weighted by atomic mass is 35.5. The van der Waals surface area contributed by atoms with Gasteiger partial charge in [-0.3, -0.25) is 14.7 Å². The molecule has 0 saturated heterocycles. The lowest BCUT2D eigenvalue weighted by Gasteiger charge is -2.40. The minimum Gasteiger partial charge on any atom is -0.483 e. The Kier molecular flexibility index (Phi) is 10.9. The van der Waals surface area contributed by atoms with Crippen LogP contribution in [0.25, 0.3) is 0 Å². The topological polar surface area (TPSA) is 111 Å². The standard InChI is InChI=1S/C24H36ClN5O2.CH2O2/c1-7-30(19-10-8-18(9-11-19)29(4)5)22-13-17(25)12-20(15(22)2)23(31)26-14-21-16(3)27-28-24(21)32-6;2-1-3/h12-13,18-19H,7-11,14H2,1-6H3,(H,26,31)(H,27,28);1H,(H,2,3). The SMILES string of the molecule is CCN(c1cc(Cl)cc(C(=O)NCc2c(OC)n[nH]c2C)c1C)C1CCC(N(C)C)CC1.O=CO. The molecule has 1 aliphatic carbocycles. The molecule has 1 fully saturated rings. The number of nitrogens with one attached hydrogen (secondary N) is 2. The van der Waals surface area contributed by atoms with Crippen molar-refractivity contribution < 1.29 is 19.4 Å². The molecule has 194 valence electrons. The Balaban J connectivity index is 0.00000137. The summed E-state index contributed by atoms with van der Waals surface area (Å²) in [5.74, 6) is 0.345. The van der Waals surface area contributed by atoms with E-state index in [9.17, 15) is 4.79 Å². The van der Waals surface area contributed by atoms with Crippen molar-refractivity contribution in [3.8, 4) is 5.88 Å². The third-order valence-electron chi connectivity index (χ3n) is 6.73. The lowest BCUT2D eigenvalue weighted by molar-refractivity contribution is -0.122. The molecule has 1 aliphatic rings. The van der Waals surface area contributed by atoms with Crippen LogP contribution in [0.15, 0.2) is 12.1 Å². The van der Waals surface area contributed by atoms with E-state index >= 15 is 0 Å². The van der Waals surface area contributed by atoms with Gasteiger partial charge in [-0.2, -0.15) is 0 Å². The van der Waals surface area contributed by atoms with Crippen LogP contribution in [-0.2, 0) is 11.3 Å². The van der Waals surface area contributed by atoms with Crippen LogP contribution in [0.5, 0.6) is 5.88 Å². The molecule has 1 aromatic heterocycles. The van der Waals surface area contributed by atoms with Gasteiger partial charge in [0, 0.05) is 40.6 Å². The molecule has 3 N–H and O–H groups in total. The van der Waals surface area contributed by atoms with Crippen molar-refractivity contribution in [2.75, 3.05) is 32.6 Å². The third kappa shape index (κ3) is 7.11. The Labute approximate surface area is 212 Å². The molecule has 1 heterocycles. The fraction of sp³-hybridized carbons (Fsp3) is 0.560. The zero-order valence-corrected chi connectivity index (χ0v) is 22.3. The lowest BCUT2D eigenvalue weighted by Crippen LogP contribution is -2.42. The summed E-state index contributed by atoms with van der Waals surface area (Å²) in [5.41, 5.74) is 4.33. The number of carbonyl (C=O) groups excluding carboxylic acids is 1. The number of aromatic nitrogens is 2. The average molecular weight is 508 g/mol. The van der Waals surface area contributed by atoms with Crippen LogP contribution in [0.1, 0.15) is 59.8 Å². The van der Waals surface area contributed by atoms with Crippen LogP contribution in [0.2, 0.25) is 5.02 Å². The lowest BCUT2D eigenvalue weighted by atomic mass is 9.89. The highest BCUT2D eigenvalue weighted by Gasteiger charge is 2.28. The first kappa shape index (κ1) is 28.5. The number of hydrogen-bond acceptors (Lipinski definition) is 6. The molecule has 0 bridgehead atoms. The van der Waals surface area contributed by atoms with Gasteiger partial charge in [-0.05, 0) is 78.2 Å². The first-order chi connectivity index (χ1) is 16.7. The van der Waals surface area contributed by atoms with Crippen LogP contribution >= 0.6 is 11.6 Å². The first-order valence-electron chi connectivity index (χ1n) is 11.8. The number of halogens is 1. The molecule has 3 rings (SSSR count). The van der Waals surface area contributed by atoms with E-state index in [4.69, 9.17) is 26.2 Å². The summed E-state index contributed by atoms with van der Waals surface area (Å²) in [6, 6.07) is 4.86. The molecule has 10 heteroatoms. The molecule has 0 aliphatic heterocycles. The molecule has 35 heavy (non-hydrogen) atoms. The van der Waals surface area contributed by atoms with Crippen LogP contribution < -0.4 is 15.0 Å². The number of benzene rings is 1. The number of rotatable bonds is 8. The highest BCUT2D eigenvalue weighted by Crippen LogP contribution is 2.34. The number of amides is 1. The highest BCUT2D eigenvalue weighted by molar-refractivity contribution is 6.31. The number of hydrogen-bond donors (Lipinski definition) is 3. The van der Waals surface area contributed by atoms with Gasteiger partial charge in [0.1, 0.15) is 0 Å². The molecule has 1 amide bonds. The van der Waals surface area contributed by atoms with E-state index in [0.29, 0.717) is 35.1 Å². The van der Waals surface area contributed by atoms with Crippen LogP contribution in [0.4, 0.5) is 5.69 Å². The number of anilines is 1. The number of H-pyrrole nitrogens is 1. The summed E-state index contributed by atoms with van der Waals surface area (Å²) in [5, 5.41) is 17.5. The minimum atomic E-state index is -0.250. The van der Waals surface area contributed by atoms with Crippen LogP contribution in [0.3, 0.4) is 0 Å². The smallest absolute Gasteiger partial charge is 0.290 e. The number of aryl methyl sites for hydroxylation is 1. The largest absolute Gasteiger partial charge is 0.483 e. The molecule has 1 saturated carbocycles. The quantitative estimate of drug-likeness (QED) is 0.463. The van der Waals surface area contributed by atoms with Gasteiger partial charge in [0.15, 0.2) is 0 Å². The average Bonchev–Trinajstić information content (AvgIpc) is 3.20. The second-order valence-corrected chi connectivity index (χ2v) is 9.37. The van der Waals surface area contributed by atoms with Crippen molar-refractivity contribution in [1.29, 1.82) is 0 Å². The van der Waals surface area contributed by atoms with Crippen LogP contribution in [-0.4, -0.2) is 72.4 Å². The van der Waals surface area contributed by atoms with Crippen molar-refractivity contribution in [3.63, 3.8) is 0 Å². The minimum absolute atomic E-state index is 0.152. The van der Waals surface area contributed by atoms with Crippen molar-refractivity contribution in [2.24, 2.45) is 0 Å². The van der Waals surface area contributed by atoms with E-state index in [1.807, 2.05) is 19.9 Å². The number of aromatic amines is 1. The molecular formula is C25H38ClN5O4. The van der Waals surface area contributed by atoms with Gasteiger partial charge in [0.25, 0.3) is 12.4 Å². The van der Waals surface area contributed by atoms with E-state index in [2.05, 4.69) is 46.3 Å². The fourth-order valence-electron chi connectivity index (χ4n) is 4.78. The maximum atomic E-state index is 13.1. The molecular weight excluding hydrogens is 470 g/mol. The second kappa shape index (κ2) is 13.3. The number of carboxylic acid groups (broad SMARTS) is 1. The Bertz CT molecular complexity index is 986. The van der Waals surface area contributed by atoms with E-state index in [1.54, 1.807) is 13.2 Å². The molecule has 0 unspecified atom stereocenters. The first-order valence-corrected chi connectivity index (χ1v) is 12.2. The monoisotopic (exact) mass is 507 g/mol. The summed E-state index contributed by atoms with van der Waals surface area (Å²) < 4.78 is 5.28. The number of ether oxygens (including phenoxy) is 1. The maximum absolute atomic E-state index is 13.1. The third-order valence-corrected chi connectivity index (χ3v) is 6.95. The van der Waals surface area contributed by atoms with E-state index in [0.717, 1.165) is 41.9 Å². The van der Waals surface area contributed by atoms with Crippen molar-refractivity contribution >= 4 is 29.7 Å². The Hall–Kier alpha value is -2.78. The molecule has 0 atom stereocenters. The van der Waals surface area contributed by atoms with Gasteiger partial charge in [0.2, 0.25) is 5.88 Å². The number of carbonyl (C=O) groups is 2. The predicted octanol–water partition coefficient (Wildman–Crippen LogP) is 4.02. The molecule has 1 aromatic carbocycles. The Morgan fingerprint density at radius 1 is 1.26 bits per heavy atom. The summed E-state index contributed by atoms with van der Waals surface area (Å²) in [6.07, 6.45) is 4.66. The van der Waals surface area contributed by atoms with E-state index in [1.165, 1.54) is 12.8 Å². The van der Waals surface area contributed by atoms with Crippen molar-refractivity contribution in [3.05, 3.63) is 39.5 Å². The predicted molar refractivity (Wildman–Crippen MR) is 139 cm³/mol. The fourth-order valence-corrected chi connectivity index (χ4v) is 4.99. The summed E-state index contributed by atoms with van der Waals surface area (Å²) >= 11 is 6.50. The normalized spacial score (nSPS) is 17.4. The van der Waals surface area contributed by atoms with E-state index in [-0.39, 0.29) is 12.4 Å². The Morgan fingerprint density at radius 3 is 2.40 bits per heavy atom. The molecule has 0 radical (unpaired) electrons. The summed E-state index contributed by atoms with van der Waals surface area (Å²) in [6.45, 7) is 7.05. The van der Waals surface area contributed by atoms with Gasteiger partial charge in [-0.25, -0.2) is 0 Å². The van der Waals surface area contributed by atoms with Gasteiger partial charge in [-0.15, -0.1) is 5.10 Å². The van der Waals surface area contributed by atoms with Gasteiger partial charge in [0.05, 0.1) is 19.2 Å². The maximum Gasteiger partial charge on any atom is 0.290 e. The number of nitrogens with zero attached hydrogens (tertiary/aromatic N) is 3. The van der Waals surface area contributed by atoms with Crippen LogP contribution in [0, 0.1) is 13.8 Å². The van der Waals surface area contributed by atoms with Gasteiger partial charge in [-0.1, -0.05) is 11.6 Å². The van der Waals surface area contributed by atoms with Gasteiger partial charge >= 0.3 is 0 Å². The molecule has 2 aromatic rings. The van der Waals surface area contributed by atoms with Crippen molar-refractivity contribution in [2.45, 2.75) is 65.1 Å². The van der Waals surface area contributed by atoms with Gasteiger partial charge < -0.3 is 25.0 Å². The second-order valence-electron chi connectivity index (χ2n) is 8.93. The summed E-state index contributed by atoms with van der Waals surface area (Å²) in [4.78, 5) is 26.2. The van der Waals surface area contributed by atoms with Crippen molar-refractivity contribution in [1.82, 2.24) is 20.4 Å². The van der Waals surface area contributed by atoms with E-state index < -0.39 is 0 Å².